The van der Waals surface area contributed by atoms with Gasteiger partial charge in [0.1, 0.15) is 11.9 Å². The van der Waals surface area contributed by atoms with Crippen LogP contribution in [0.4, 0.5) is 13.2 Å². The Kier molecular flexibility index (Phi) is 12.5. The van der Waals surface area contributed by atoms with Crippen molar-refractivity contribution in [1.29, 1.82) is 5.41 Å². The SMILES string of the molecule is CS(=O)(=O)N[C@@H](Cc1cccc(C(=N)N)c1)C(=O)NC(c1ccccc1)c1ccc(-c2ccccc2S(C)(=O)=O)cc1.O=C(O)C(F)(F)F. The van der Waals surface area contributed by atoms with Gasteiger partial charge in [0.2, 0.25) is 15.9 Å². The van der Waals surface area contributed by atoms with E-state index in [0.29, 0.717) is 27.8 Å². The summed E-state index contributed by atoms with van der Waals surface area (Å²) in [5.74, 6) is -3.44. The number of rotatable bonds is 11. The zero-order valence-electron chi connectivity index (χ0n) is 26.1. The molecule has 0 fully saturated rings. The molecule has 0 aliphatic heterocycles. The molecule has 0 saturated heterocycles. The zero-order chi connectivity index (χ0) is 36.6. The maximum absolute atomic E-state index is 13.7. The smallest absolute Gasteiger partial charge is 0.475 e. The normalized spacial score (nSPS) is 12.9. The second-order valence-corrected chi connectivity index (χ2v) is 14.6. The Morgan fingerprint density at radius 2 is 1.39 bits per heavy atom. The van der Waals surface area contributed by atoms with Crippen LogP contribution in [0.5, 0.6) is 0 Å². The highest BCUT2D eigenvalue weighted by molar-refractivity contribution is 7.90. The van der Waals surface area contributed by atoms with Crippen molar-refractivity contribution in [1.82, 2.24) is 10.0 Å². The number of nitrogen functional groups attached to an aromatic ring is 1. The highest BCUT2D eigenvalue weighted by Crippen LogP contribution is 2.30. The van der Waals surface area contributed by atoms with Crippen LogP contribution in [-0.2, 0) is 35.9 Å². The van der Waals surface area contributed by atoms with Gasteiger partial charge in [-0.1, -0.05) is 91.0 Å². The van der Waals surface area contributed by atoms with Crippen molar-refractivity contribution in [2.75, 3.05) is 12.5 Å². The second kappa shape index (κ2) is 15.9. The first-order chi connectivity index (χ1) is 22.8. The van der Waals surface area contributed by atoms with Gasteiger partial charge in [-0.15, -0.1) is 0 Å². The van der Waals surface area contributed by atoms with Crippen LogP contribution in [0, 0.1) is 5.41 Å². The minimum Gasteiger partial charge on any atom is -0.475 e. The van der Waals surface area contributed by atoms with Crippen molar-refractivity contribution in [3.8, 4) is 11.1 Å². The Morgan fingerprint density at radius 1 is 0.837 bits per heavy atom. The lowest BCUT2D eigenvalue weighted by atomic mass is 9.95. The predicted octanol–water partition coefficient (Wildman–Crippen LogP) is 4.04. The van der Waals surface area contributed by atoms with Gasteiger partial charge in [0, 0.05) is 17.4 Å². The number of benzene rings is 4. The number of sulfone groups is 1. The summed E-state index contributed by atoms with van der Waals surface area (Å²) >= 11 is 0. The first-order valence-electron chi connectivity index (χ1n) is 14.2. The predicted molar refractivity (Wildman–Crippen MR) is 178 cm³/mol. The minimum absolute atomic E-state index is 0.0305. The van der Waals surface area contributed by atoms with Crippen LogP contribution in [0.15, 0.2) is 108 Å². The highest BCUT2D eigenvalue weighted by Gasteiger charge is 2.38. The van der Waals surface area contributed by atoms with E-state index >= 15 is 0 Å². The lowest BCUT2D eigenvalue weighted by molar-refractivity contribution is -0.192. The van der Waals surface area contributed by atoms with E-state index in [9.17, 15) is 34.8 Å². The molecule has 11 nitrogen and oxygen atoms in total. The molecule has 1 unspecified atom stereocenters. The maximum Gasteiger partial charge on any atom is 0.490 e. The summed E-state index contributed by atoms with van der Waals surface area (Å²) in [7, 11) is -7.22. The molecular weight excluding hydrogens is 686 g/mol. The Hall–Kier alpha value is -5.06. The summed E-state index contributed by atoms with van der Waals surface area (Å²) in [6.45, 7) is 0. The number of carbonyl (C=O) groups excluding carboxylic acids is 1. The lowest BCUT2D eigenvalue weighted by Gasteiger charge is -2.24. The van der Waals surface area contributed by atoms with Crippen LogP contribution < -0.4 is 15.8 Å². The summed E-state index contributed by atoms with van der Waals surface area (Å²) in [5, 5.41) is 17.8. The number of alkyl halides is 3. The van der Waals surface area contributed by atoms with Gasteiger partial charge in [-0.05, 0) is 40.8 Å². The molecule has 6 N–H and O–H groups in total. The van der Waals surface area contributed by atoms with Gasteiger partial charge >= 0.3 is 12.1 Å². The fourth-order valence-corrected chi connectivity index (χ4v) is 6.30. The van der Waals surface area contributed by atoms with Gasteiger partial charge in [0.25, 0.3) is 0 Å². The molecule has 0 aliphatic carbocycles. The van der Waals surface area contributed by atoms with E-state index in [4.69, 9.17) is 21.0 Å². The molecule has 2 atom stereocenters. The van der Waals surface area contributed by atoms with Gasteiger partial charge in [0.05, 0.1) is 17.2 Å². The van der Waals surface area contributed by atoms with Crippen molar-refractivity contribution in [3.63, 3.8) is 0 Å². The molecule has 16 heteroatoms. The molecule has 0 aromatic heterocycles. The molecule has 0 saturated carbocycles. The van der Waals surface area contributed by atoms with Crippen LogP contribution in [-0.4, -0.2) is 64.4 Å². The molecule has 4 aromatic carbocycles. The van der Waals surface area contributed by atoms with Crippen LogP contribution in [0.2, 0.25) is 0 Å². The monoisotopic (exact) mass is 718 g/mol. The first-order valence-corrected chi connectivity index (χ1v) is 18.0. The van der Waals surface area contributed by atoms with Gasteiger partial charge in [0.15, 0.2) is 9.84 Å². The van der Waals surface area contributed by atoms with Gasteiger partial charge < -0.3 is 16.2 Å². The summed E-state index contributed by atoms with van der Waals surface area (Å²) in [5.41, 5.74) is 9.45. The third-order valence-corrected chi connectivity index (χ3v) is 8.72. The van der Waals surface area contributed by atoms with Crippen LogP contribution >= 0.6 is 0 Å². The molecular formula is C33H33F3N4O7S2. The quantitative estimate of drug-likeness (QED) is 0.113. The van der Waals surface area contributed by atoms with E-state index < -0.39 is 50.0 Å². The molecule has 4 rings (SSSR count). The number of carboxylic acids is 1. The third-order valence-electron chi connectivity index (χ3n) is 6.85. The van der Waals surface area contributed by atoms with E-state index in [2.05, 4.69) is 10.0 Å². The molecule has 0 heterocycles. The third kappa shape index (κ3) is 11.5. The number of carbonyl (C=O) groups is 2. The van der Waals surface area contributed by atoms with Gasteiger partial charge in [-0.25, -0.2) is 26.4 Å². The van der Waals surface area contributed by atoms with Crippen molar-refractivity contribution in [2.45, 2.75) is 29.6 Å². The number of hydrogen-bond acceptors (Lipinski definition) is 7. The molecule has 260 valence electrons. The van der Waals surface area contributed by atoms with Crippen molar-refractivity contribution in [2.24, 2.45) is 5.73 Å². The van der Waals surface area contributed by atoms with E-state index in [0.717, 1.165) is 11.8 Å². The average Bonchev–Trinajstić information content (AvgIpc) is 3.02. The van der Waals surface area contributed by atoms with Crippen LogP contribution in [0.25, 0.3) is 11.1 Å². The Labute approximate surface area is 281 Å². The summed E-state index contributed by atoms with van der Waals surface area (Å²) in [4.78, 5) is 22.8. The topological polar surface area (TPSA) is 197 Å². The minimum atomic E-state index is -5.08. The number of nitrogens with two attached hydrogens (primary N) is 1. The second-order valence-electron chi connectivity index (χ2n) is 10.8. The van der Waals surface area contributed by atoms with E-state index in [1.807, 2.05) is 42.5 Å². The zero-order valence-corrected chi connectivity index (χ0v) is 27.7. The number of amidine groups is 1. The lowest BCUT2D eigenvalue weighted by Crippen LogP contribution is -2.48. The van der Waals surface area contributed by atoms with Crippen LogP contribution in [0.3, 0.4) is 0 Å². The molecule has 4 aromatic rings. The van der Waals surface area contributed by atoms with Gasteiger partial charge in [-0.3, -0.25) is 10.2 Å². The number of halogens is 3. The standard InChI is InChI=1S/C31H32N4O5S2.C2HF3O2/c1-41(37,38)28-14-7-6-13-26(28)22-15-17-24(18-16-22)29(23-10-4-3-5-11-23)34-31(36)27(35-42(2,39)40)20-21-9-8-12-25(19-21)30(32)33;3-2(4,5)1(6)7/h3-19,27,29,35H,20H2,1-2H3,(H3,32,33)(H,34,36);(H,6,7)/t27-,29?;/m0./s1. The number of sulfonamides is 1. The van der Waals surface area contributed by atoms with Crippen molar-refractivity contribution >= 4 is 37.6 Å². The maximum atomic E-state index is 13.7. The molecule has 0 spiro atoms. The summed E-state index contributed by atoms with van der Waals surface area (Å²) in [6, 6.07) is 28.1. The number of nitrogens with one attached hydrogen (secondary N) is 3. The summed E-state index contributed by atoms with van der Waals surface area (Å²) < 4.78 is 83.3. The van der Waals surface area contributed by atoms with Crippen molar-refractivity contribution in [3.05, 3.63) is 125 Å². The van der Waals surface area contributed by atoms with E-state index in [1.54, 1.807) is 60.7 Å². The largest absolute Gasteiger partial charge is 0.490 e. The molecule has 49 heavy (non-hydrogen) atoms. The Bertz CT molecular complexity index is 2020. The van der Waals surface area contributed by atoms with Gasteiger partial charge in [-0.2, -0.15) is 13.2 Å². The van der Waals surface area contributed by atoms with E-state index in [1.165, 1.54) is 6.26 Å². The Balaban J connectivity index is 0.000000838. The fraction of sp³-hybridized carbons (Fsp3) is 0.182. The number of hydrogen-bond donors (Lipinski definition) is 5. The molecule has 0 aliphatic rings. The molecule has 0 bridgehead atoms. The number of carboxylic acid groups (broad SMARTS) is 1. The molecule has 1 amide bonds. The number of aliphatic carboxylic acids is 1. The Morgan fingerprint density at radius 3 is 1.92 bits per heavy atom. The fourth-order valence-electron chi connectivity index (χ4n) is 4.68. The van der Waals surface area contributed by atoms with Crippen LogP contribution in [0.1, 0.15) is 28.3 Å². The first kappa shape index (κ1) is 38.4. The van der Waals surface area contributed by atoms with E-state index in [-0.39, 0.29) is 17.2 Å². The number of amides is 1. The average molecular weight is 719 g/mol. The van der Waals surface area contributed by atoms with Crippen molar-refractivity contribution < 1.29 is 44.7 Å². The summed E-state index contributed by atoms with van der Waals surface area (Å²) in [6.07, 6.45) is -2.90. The highest BCUT2D eigenvalue weighted by atomic mass is 32.2. The molecule has 0 radical (unpaired) electrons.